The van der Waals surface area contributed by atoms with Crippen molar-refractivity contribution < 1.29 is 0 Å². The van der Waals surface area contributed by atoms with E-state index < -0.39 is 0 Å². The van der Waals surface area contributed by atoms with Crippen LogP contribution in [-0.2, 0) is 6.54 Å². The van der Waals surface area contributed by atoms with Gasteiger partial charge in [0.2, 0.25) is 0 Å². The van der Waals surface area contributed by atoms with Crippen LogP contribution in [0.3, 0.4) is 0 Å². The minimum Gasteiger partial charge on any atom is -0.399 e. The highest BCUT2D eigenvalue weighted by atomic mass is 14.9. The van der Waals surface area contributed by atoms with Gasteiger partial charge in [-0.05, 0) is 42.0 Å². The summed E-state index contributed by atoms with van der Waals surface area (Å²) in [5.41, 5.74) is 9.83. The Balaban J connectivity index is 1.86. The van der Waals surface area contributed by atoms with Crippen LogP contribution in [0.15, 0.2) is 60.8 Å². The van der Waals surface area contributed by atoms with E-state index in [0.29, 0.717) is 0 Å². The minimum atomic E-state index is 0.749. The van der Waals surface area contributed by atoms with Gasteiger partial charge in [-0.15, -0.1) is 0 Å². The van der Waals surface area contributed by atoms with Gasteiger partial charge in [-0.3, -0.25) is 4.98 Å². The summed E-state index contributed by atoms with van der Waals surface area (Å²) in [4.78, 5) is 4.35. The molecule has 0 spiro atoms. The number of pyridine rings is 1. The predicted octanol–water partition coefficient (Wildman–Crippen LogP) is 3.43. The van der Waals surface area contributed by atoms with Gasteiger partial charge in [-0.2, -0.15) is 0 Å². The van der Waals surface area contributed by atoms with Gasteiger partial charge in [0.1, 0.15) is 0 Å². The first-order valence-electron chi connectivity index (χ1n) is 6.25. The van der Waals surface area contributed by atoms with Crippen LogP contribution >= 0.6 is 0 Å². The SMILES string of the molecule is Nc1cccc(CNc2cccc3ncccc23)c1. The molecule has 0 aliphatic rings. The molecule has 0 radical (unpaired) electrons. The summed E-state index contributed by atoms with van der Waals surface area (Å²) in [7, 11) is 0. The Morgan fingerprint density at radius 1 is 1.00 bits per heavy atom. The Labute approximate surface area is 112 Å². The van der Waals surface area contributed by atoms with Gasteiger partial charge in [-0.1, -0.05) is 18.2 Å². The predicted molar refractivity (Wildman–Crippen MR) is 79.9 cm³/mol. The molecule has 3 nitrogen and oxygen atoms in total. The lowest BCUT2D eigenvalue weighted by atomic mass is 10.1. The number of anilines is 2. The number of nitrogens with two attached hydrogens (primary N) is 1. The minimum absolute atomic E-state index is 0.749. The number of hydrogen-bond acceptors (Lipinski definition) is 3. The summed E-state index contributed by atoms with van der Waals surface area (Å²) < 4.78 is 0. The summed E-state index contributed by atoms with van der Waals surface area (Å²) in [6.07, 6.45) is 1.81. The third-order valence-electron chi connectivity index (χ3n) is 3.08. The number of benzene rings is 2. The maximum atomic E-state index is 5.78. The lowest BCUT2D eigenvalue weighted by Gasteiger charge is -2.09. The lowest BCUT2D eigenvalue weighted by molar-refractivity contribution is 1.15. The van der Waals surface area contributed by atoms with Crippen molar-refractivity contribution in [3.63, 3.8) is 0 Å². The Hall–Kier alpha value is -2.55. The van der Waals surface area contributed by atoms with E-state index in [1.807, 2.05) is 42.6 Å². The molecule has 0 amide bonds. The number of nitrogens with zero attached hydrogens (tertiary/aromatic N) is 1. The van der Waals surface area contributed by atoms with Crippen molar-refractivity contribution >= 4 is 22.3 Å². The fraction of sp³-hybridized carbons (Fsp3) is 0.0625. The molecule has 3 rings (SSSR count). The molecule has 0 aliphatic heterocycles. The van der Waals surface area contributed by atoms with Gasteiger partial charge in [0.15, 0.2) is 0 Å². The molecular formula is C16H15N3. The normalized spacial score (nSPS) is 10.5. The molecular weight excluding hydrogens is 234 g/mol. The summed E-state index contributed by atoms with van der Waals surface area (Å²) in [5, 5.41) is 4.57. The van der Waals surface area contributed by atoms with Crippen molar-refractivity contribution in [2.45, 2.75) is 6.54 Å². The van der Waals surface area contributed by atoms with E-state index in [4.69, 9.17) is 5.73 Å². The number of rotatable bonds is 3. The molecule has 3 aromatic rings. The van der Waals surface area contributed by atoms with Crippen LogP contribution in [0.5, 0.6) is 0 Å². The molecule has 0 saturated carbocycles. The second-order valence-corrected chi connectivity index (χ2v) is 4.47. The molecule has 19 heavy (non-hydrogen) atoms. The maximum Gasteiger partial charge on any atom is 0.0722 e. The van der Waals surface area contributed by atoms with Crippen LogP contribution in [0.25, 0.3) is 10.9 Å². The van der Waals surface area contributed by atoms with Crippen LogP contribution < -0.4 is 11.1 Å². The summed E-state index contributed by atoms with van der Waals surface area (Å²) in [6.45, 7) is 0.749. The van der Waals surface area contributed by atoms with Crippen LogP contribution in [0, 0.1) is 0 Å². The monoisotopic (exact) mass is 249 g/mol. The Morgan fingerprint density at radius 2 is 1.89 bits per heavy atom. The van der Waals surface area contributed by atoms with E-state index in [2.05, 4.69) is 28.5 Å². The Kier molecular flexibility index (Phi) is 3.02. The molecule has 0 atom stereocenters. The first kappa shape index (κ1) is 11.5. The zero-order valence-electron chi connectivity index (χ0n) is 10.5. The van der Waals surface area contributed by atoms with E-state index in [1.54, 1.807) is 0 Å². The third kappa shape index (κ3) is 2.50. The van der Waals surface area contributed by atoms with E-state index >= 15 is 0 Å². The fourth-order valence-electron chi connectivity index (χ4n) is 2.16. The van der Waals surface area contributed by atoms with Crippen molar-refractivity contribution in [1.82, 2.24) is 4.98 Å². The van der Waals surface area contributed by atoms with Gasteiger partial charge in [-0.25, -0.2) is 0 Å². The van der Waals surface area contributed by atoms with Crippen molar-refractivity contribution in [2.24, 2.45) is 0 Å². The van der Waals surface area contributed by atoms with Gasteiger partial charge in [0.05, 0.1) is 5.52 Å². The van der Waals surface area contributed by atoms with E-state index in [9.17, 15) is 0 Å². The molecule has 0 fully saturated rings. The Bertz CT molecular complexity index is 702. The quantitative estimate of drug-likeness (QED) is 0.699. The standard InChI is InChI=1S/C16H15N3/c17-13-5-1-4-12(10-13)11-19-16-8-2-7-15-14(16)6-3-9-18-15/h1-10,19H,11,17H2. The second kappa shape index (κ2) is 4.98. The highest BCUT2D eigenvalue weighted by Gasteiger charge is 2.00. The zero-order chi connectivity index (χ0) is 13.1. The summed E-state index contributed by atoms with van der Waals surface area (Å²) >= 11 is 0. The number of nitrogen functional groups attached to an aromatic ring is 1. The highest BCUT2D eigenvalue weighted by Crippen LogP contribution is 2.22. The topological polar surface area (TPSA) is 50.9 Å². The maximum absolute atomic E-state index is 5.78. The van der Waals surface area contributed by atoms with Crippen LogP contribution in [-0.4, -0.2) is 4.98 Å². The molecule has 94 valence electrons. The van der Waals surface area contributed by atoms with Crippen molar-refractivity contribution in [3.05, 3.63) is 66.4 Å². The number of fused-ring (bicyclic) bond motifs is 1. The van der Waals surface area contributed by atoms with E-state index in [-0.39, 0.29) is 0 Å². The Morgan fingerprint density at radius 3 is 2.79 bits per heavy atom. The van der Waals surface area contributed by atoms with Crippen molar-refractivity contribution in [1.29, 1.82) is 0 Å². The van der Waals surface area contributed by atoms with Gasteiger partial charge in [0, 0.05) is 29.5 Å². The average molecular weight is 249 g/mol. The number of hydrogen-bond donors (Lipinski definition) is 2. The van der Waals surface area contributed by atoms with Crippen LogP contribution in [0.2, 0.25) is 0 Å². The van der Waals surface area contributed by atoms with Crippen molar-refractivity contribution in [3.8, 4) is 0 Å². The molecule has 3 heteroatoms. The van der Waals surface area contributed by atoms with Crippen molar-refractivity contribution in [2.75, 3.05) is 11.1 Å². The van der Waals surface area contributed by atoms with E-state index in [0.717, 1.165) is 28.8 Å². The third-order valence-corrected chi connectivity index (χ3v) is 3.08. The molecule has 1 aromatic heterocycles. The fourth-order valence-corrected chi connectivity index (χ4v) is 2.16. The van der Waals surface area contributed by atoms with Gasteiger partial charge < -0.3 is 11.1 Å². The van der Waals surface area contributed by atoms with E-state index in [1.165, 1.54) is 5.56 Å². The highest BCUT2D eigenvalue weighted by molar-refractivity contribution is 5.91. The smallest absolute Gasteiger partial charge is 0.0722 e. The lowest BCUT2D eigenvalue weighted by Crippen LogP contribution is -2.00. The largest absolute Gasteiger partial charge is 0.399 e. The second-order valence-electron chi connectivity index (χ2n) is 4.47. The molecule has 0 aliphatic carbocycles. The molecule has 0 bridgehead atoms. The van der Waals surface area contributed by atoms with Crippen LogP contribution in [0.1, 0.15) is 5.56 Å². The molecule has 2 aromatic carbocycles. The van der Waals surface area contributed by atoms with Crippen LogP contribution in [0.4, 0.5) is 11.4 Å². The molecule has 1 heterocycles. The summed E-state index contributed by atoms with van der Waals surface area (Å²) in [5.74, 6) is 0. The first-order chi connectivity index (χ1) is 9.33. The number of nitrogens with one attached hydrogen (secondary N) is 1. The first-order valence-corrected chi connectivity index (χ1v) is 6.25. The molecule has 3 N–H and O–H groups in total. The van der Waals surface area contributed by atoms with Gasteiger partial charge in [0.25, 0.3) is 0 Å². The molecule has 0 saturated heterocycles. The molecule has 0 unspecified atom stereocenters. The number of aromatic nitrogens is 1. The summed E-state index contributed by atoms with van der Waals surface area (Å²) in [6, 6.07) is 18.0. The average Bonchev–Trinajstić information content (AvgIpc) is 2.45. The zero-order valence-corrected chi connectivity index (χ0v) is 10.5. The van der Waals surface area contributed by atoms with Gasteiger partial charge >= 0.3 is 0 Å².